The summed E-state index contributed by atoms with van der Waals surface area (Å²) in [7, 11) is 0. The zero-order chi connectivity index (χ0) is 23.6. The highest BCUT2D eigenvalue weighted by Crippen LogP contribution is 2.63. The molecule has 1 atom stereocenters. The Morgan fingerprint density at radius 2 is 0.714 bits per heavy atom. The van der Waals surface area contributed by atoms with Crippen molar-refractivity contribution in [3.63, 3.8) is 0 Å². The Hall–Kier alpha value is -1.30. The molecule has 0 amide bonds. The summed E-state index contributed by atoms with van der Waals surface area (Å²) in [6.45, 7) is 0. The SMILES string of the molecule is OC(F)([C](F)C(F)(F)C(F)(F)C(F)(F)C(F)(F)C(F)(F)C(F)(F)F)C(F)(F)F. The molecule has 0 fully saturated rings. The van der Waals surface area contributed by atoms with Crippen LogP contribution in [0.4, 0.5) is 79.0 Å². The fraction of sp³-hybridized carbons (Fsp3) is 0.889. The summed E-state index contributed by atoms with van der Waals surface area (Å²) in [5, 5.41) is 7.80. The number of hydrogen-bond donors (Lipinski definition) is 1. The van der Waals surface area contributed by atoms with Crippen LogP contribution in [0.25, 0.3) is 0 Å². The van der Waals surface area contributed by atoms with E-state index in [0.29, 0.717) is 0 Å². The van der Waals surface area contributed by atoms with E-state index < -0.39 is 54.0 Å². The van der Waals surface area contributed by atoms with E-state index in [0.717, 1.165) is 0 Å². The predicted molar refractivity (Wildman–Crippen MR) is 47.3 cm³/mol. The van der Waals surface area contributed by atoms with Crippen LogP contribution in [0.2, 0.25) is 0 Å². The van der Waals surface area contributed by atoms with Crippen molar-refractivity contribution < 1.29 is 84.1 Å². The molecule has 0 aliphatic carbocycles. The molecule has 0 aromatic heterocycles. The monoisotopic (exact) mass is 467 g/mol. The van der Waals surface area contributed by atoms with Crippen LogP contribution in [0.1, 0.15) is 0 Å². The summed E-state index contributed by atoms with van der Waals surface area (Å²) in [6, 6.07) is 0. The van der Waals surface area contributed by atoms with E-state index in [2.05, 4.69) is 0 Å². The summed E-state index contributed by atoms with van der Waals surface area (Å²) in [6.07, 6.45) is -20.7. The number of halogens is 18. The van der Waals surface area contributed by atoms with Crippen molar-refractivity contribution in [2.75, 3.05) is 0 Å². The molecule has 0 saturated carbocycles. The maximum absolute atomic E-state index is 13.0. The van der Waals surface area contributed by atoms with Gasteiger partial charge in [-0.3, -0.25) is 0 Å². The lowest BCUT2D eigenvalue weighted by molar-refractivity contribution is -0.444. The molecule has 1 radical (unpaired) electrons. The fourth-order valence-corrected chi connectivity index (χ4v) is 1.24. The first kappa shape index (κ1) is 26.7. The van der Waals surface area contributed by atoms with Gasteiger partial charge in [-0.05, 0) is 0 Å². The molecule has 0 bridgehead atoms. The van der Waals surface area contributed by atoms with Crippen LogP contribution in [-0.2, 0) is 0 Å². The third-order valence-corrected chi connectivity index (χ3v) is 2.88. The zero-order valence-corrected chi connectivity index (χ0v) is 11.8. The van der Waals surface area contributed by atoms with Gasteiger partial charge in [-0.25, -0.2) is 4.39 Å². The second-order valence-electron chi connectivity index (χ2n) is 4.80. The smallest absolute Gasteiger partial charge is 0.352 e. The standard InChI is InChI=1S/C9HF18O/c10-1(3(13,28)8(22,23)24)2(11,12)4(14,15)5(16,17)6(18,19)7(20,21)9(25,26)27/h28H. The molecule has 1 unspecified atom stereocenters. The van der Waals surface area contributed by atoms with Crippen LogP contribution in [-0.4, -0.2) is 52.9 Å². The molecule has 19 heteroatoms. The largest absolute Gasteiger partial charge is 0.460 e. The maximum Gasteiger partial charge on any atom is 0.460 e. The number of alkyl halides is 17. The van der Waals surface area contributed by atoms with Gasteiger partial charge in [0.05, 0.1) is 0 Å². The summed E-state index contributed by atoms with van der Waals surface area (Å²) in [4.78, 5) is 0. The molecule has 0 aromatic carbocycles. The quantitative estimate of drug-likeness (QED) is 0.516. The van der Waals surface area contributed by atoms with E-state index in [9.17, 15) is 79.0 Å². The van der Waals surface area contributed by atoms with Crippen LogP contribution < -0.4 is 0 Å². The number of rotatable bonds is 6. The molecule has 0 aliphatic heterocycles. The topological polar surface area (TPSA) is 20.2 Å². The predicted octanol–water partition coefficient (Wildman–Crippen LogP) is 5.45. The van der Waals surface area contributed by atoms with Crippen molar-refractivity contribution in [2.24, 2.45) is 0 Å². The second-order valence-corrected chi connectivity index (χ2v) is 4.80. The minimum atomic E-state index is -8.65. The van der Waals surface area contributed by atoms with Gasteiger partial charge in [-0.2, -0.15) is 74.6 Å². The highest BCUT2D eigenvalue weighted by molar-refractivity contribution is 5.19. The van der Waals surface area contributed by atoms with E-state index in [1.165, 1.54) is 0 Å². The molecule has 28 heavy (non-hydrogen) atoms. The van der Waals surface area contributed by atoms with Gasteiger partial charge in [-0.1, -0.05) is 0 Å². The van der Waals surface area contributed by atoms with Gasteiger partial charge in [0, 0.05) is 0 Å². The molecule has 0 rings (SSSR count). The first-order valence-electron chi connectivity index (χ1n) is 5.63. The van der Waals surface area contributed by atoms with Gasteiger partial charge < -0.3 is 5.11 Å². The van der Waals surface area contributed by atoms with Crippen molar-refractivity contribution >= 4 is 0 Å². The Kier molecular flexibility index (Phi) is 6.05. The molecule has 1 nitrogen and oxygen atoms in total. The number of hydrogen-bond acceptors (Lipinski definition) is 1. The lowest BCUT2D eigenvalue weighted by atomic mass is 9.90. The normalized spacial score (nSPS) is 18.4. The van der Waals surface area contributed by atoms with Gasteiger partial charge in [0.2, 0.25) is 0 Å². The molecule has 0 saturated heterocycles. The average Bonchev–Trinajstić information content (AvgIpc) is 2.42. The average molecular weight is 467 g/mol. The van der Waals surface area contributed by atoms with Crippen LogP contribution in [0, 0.1) is 6.17 Å². The fourth-order valence-electron chi connectivity index (χ4n) is 1.24. The van der Waals surface area contributed by atoms with Gasteiger partial charge in [0.1, 0.15) is 0 Å². The van der Waals surface area contributed by atoms with Crippen molar-refractivity contribution in [3.05, 3.63) is 6.17 Å². The van der Waals surface area contributed by atoms with Crippen LogP contribution in [0.3, 0.4) is 0 Å². The Morgan fingerprint density at radius 1 is 0.429 bits per heavy atom. The first-order chi connectivity index (χ1) is 11.7. The molecule has 169 valence electrons. The van der Waals surface area contributed by atoms with Crippen molar-refractivity contribution in [1.29, 1.82) is 0 Å². The highest BCUT2D eigenvalue weighted by Gasteiger charge is 2.93. The molecule has 0 heterocycles. The third kappa shape index (κ3) is 3.31. The zero-order valence-electron chi connectivity index (χ0n) is 11.8. The van der Waals surface area contributed by atoms with Gasteiger partial charge in [0.15, 0.2) is 0 Å². The van der Waals surface area contributed by atoms with Crippen molar-refractivity contribution in [2.45, 2.75) is 47.8 Å². The Bertz CT molecular complexity index is 567. The van der Waals surface area contributed by atoms with E-state index in [1.54, 1.807) is 0 Å². The summed E-state index contributed by atoms with van der Waals surface area (Å²) in [5.74, 6) is -49.4. The van der Waals surface area contributed by atoms with Gasteiger partial charge >= 0.3 is 47.8 Å². The minimum Gasteiger partial charge on any atom is -0.352 e. The van der Waals surface area contributed by atoms with E-state index in [4.69, 9.17) is 5.11 Å². The van der Waals surface area contributed by atoms with Crippen molar-refractivity contribution in [1.82, 2.24) is 0 Å². The molecule has 1 N–H and O–H groups in total. The molecule has 0 aliphatic rings. The second kappa shape index (κ2) is 6.35. The lowest BCUT2D eigenvalue weighted by Crippen LogP contribution is -2.71. The van der Waals surface area contributed by atoms with E-state index in [1.807, 2.05) is 0 Å². The van der Waals surface area contributed by atoms with Crippen molar-refractivity contribution in [3.8, 4) is 0 Å². The highest BCUT2D eigenvalue weighted by atomic mass is 19.4. The third-order valence-electron chi connectivity index (χ3n) is 2.88. The van der Waals surface area contributed by atoms with Gasteiger partial charge in [-0.15, -0.1) is 0 Å². The van der Waals surface area contributed by atoms with Gasteiger partial charge in [0.25, 0.3) is 6.17 Å². The molecule has 0 aromatic rings. The summed E-state index contributed by atoms with van der Waals surface area (Å²) >= 11 is 0. The summed E-state index contributed by atoms with van der Waals surface area (Å²) in [5.41, 5.74) is 0. The first-order valence-corrected chi connectivity index (χ1v) is 5.63. The summed E-state index contributed by atoms with van der Waals surface area (Å²) < 4.78 is 224. The van der Waals surface area contributed by atoms with Crippen LogP contribution in [0.15, 0.2) is 0 Å². The Morgan fingerprint density at radius 3 is 0.964 bits per heavy atom. The van der Waals surface area contributed by atoms with E-state index >= 15 is 0 Å². The lowest BCUT2D eigenvalue weighted by Gasteiger charge is -2.41. The molecule has 0 spiro atoms. The van der Waals surface area contributed by atoms with Crippen LogP contribution in [0.5, 0.6) is 0 Å². The molecular formula is C9HF18O. The van der Waals surface area contributed by atoms with Crippen LogP contribution >= 0.6 is 0 Å². The maximum atomic E-state index is 13.0. The van der Waals surface area contributed by atoms with E-state index in [-0.39, 0.29) is 0 Å². The number of aliphatic hydroxyl groups is 1. The molecular weight excluding hydrogens is 466 g/mol. The Balaban J connectivity index is 6.56. The minimum absolute atomic E-state index is 5.54. The Labute approximate surface area is 139 Å².